The van der Waals surface area contributed by atoms with Crippen LogP contribution in [-0.2, 0) is 11.2 Å². The highest BCUT2D eigenvalue weighted by Crippen LogP contribution is 2.21. The molecule has 2 aromatic carbocycles. The van der Waals surface area contributed by atoms with E-state index in [9.17, 15) is 9.59 Å². The molecule has 3 aromatic rings. The maximum absolute atomic E-state index is 12.3. The number of hydrogen-bond acceptors (Lipinski definition) is 4. The molecule has 1 aromatic heterocycles. The van der Waals surface area contributed by atoms with Gasteiger partial charge in [0.15, 0.2) is 5.13 Å². The third-order valence-electron chi connectivity index (χ3n) is 3.90. The van der Waals surface area contributed by atoms with Gasteiger partial charge in [-0.2, -0.15) is 0 Å². The third kappa shape index (κ3) is 5.39. The maximum Gasteiger partial charge on any atom is 0.275 e. The maximum atomic E-state index is 12.3. The first-order valence-electron chi connectivity index (χ1n) is 8.38. The molecule has 0 saturated heterocycles. The summed E-state index contributed by atoms with van der Waals surface area (Å²) in [6.07, 6.45) is 1.01. The number of nitrogens with one attached hydrogen (secondary N) is 2. The van der Waals surface area contributed by atoms with Crippen molar-refractivity contribution >= 4 is 45.6 Å². The molecule has 3 rings (SSSR count). The largest absolute Gasteiger partial charge is 0.321 e. The summed E-state index contributed by atoms with van der Waals surface area (Å²) in [5.41, 5.74) is 2.87. The van der Waals surface area contributed by atoms with Gasteiger partial charge in [-0.05, 0) is 36.6 Å². The molecule has 0 radical (unpaired) electrons. The number of nitrogens with zero attached hydrogens (tertiary/aromatic N) is 1. The average Bonchev–Trinajstić information content (AvgIpc) is 3.12. The number of aryl methyl sites for hydroxylation is 2. The summed E-state index contributed by atoms with van der Waals surface area (Å²) in [5.74, 6) is -0.485. The number of hydrogen-bond donors (Lipinski definition) is 2. The summed E-state index contributed by atoms with van der Waals surface area (Å²) < 4.78 is 0. The monoisotopic (exact) mass is 399 g/mol. The summed E-state index contributed by atoms with van der Waals surface area (Å²) in [6.45, 7) is 1.89. The van der Waals surface area contributed by atoms with Crippen molar-refractivity contribution in [2.24, 2.45) is 0 Å². The molecule has 0 aliphatic rings. The fraction of sp³-hybridized carbons (Fsp3) is 0.150. The zero-order chi connectivity index (χ0) is 19.2. The Balaban J connectivity index is 1.54. The molecule has 2 N–H and O–H groups in total. The van der Waals surface area contributed by atoms with Crippen molar-refractivity contribution in [2.45, 2.75) is 19.8 Å². The molecule has 7 heteroatoms. The second kappa shape index (κ2) is 8.79. The molecule has 0 fully saturated rings. The van der Waals surface area contributed by atoms with Crippen LogP contribution >= 0.6 is 22.9 Å². The average molecular weight is 400 g/mol. The molecule has 0 bridgehead atoms. The summed E-state index contributed by atoms with van der Waals surface area (Å²) in [6, 6.07) is 15.1. The number of benzene rings is 2. The summed E-state index contributed by atoms with van der Waals surface area (Å²) in [5, 5.41) is 8.08. The van der Waals surface area contributed by atoms with Gasteiger partial charge in [-0.1, -0.05) is 48.0 Å². The van der Waals surface area contributed by atoms with Crippen LogP contribution in [0.4, 0.5) is 10.8 Å². The van der Waals surface area contributed by atoms with Crippen LogP contribution in [0.3, 0.4) is 0 Å². The first kappa shape index (κ1) is 19.1. The highest BCUT2D eigenvalue weighted by Gasteiger charge is 2.13. The van der Waals surface area contributed by atoms with Crippen molar-refractivity contribution in [3.05, 3.63) is 75.8 Å². The van der Waals surface area contributed by atoms with Gasteiger partial charge in [-0.3, -0.25) is 9.59 Å². The normalized spacial score (nSPS) is 10.4. The number of rotatable bonds is 6. The predicted octanol–water partition coefficient (Wildman–Crippen LogP) is 4.93. The van der Waals surface area contributed by atoms with Crippen LogP contribution < -0.4 is 10.6 Å². The van der Waals surface area contributed by atoms with E-state index < -0.39 is 0 Å². The Morgan fingerprint density at radius 1 is 1.11 bits per heavy atom. The smallest absolute Gasteiger partial charge is 0.275 e. The molecule has 5 nitrogen and oxygen atoms in total. The highest BCUT2D eigenvalue weighted by atomic mass is 35.5. The minimum absolute atomic E-state index is 0.134. The van der Waals surface area contributed by atoms with Gasteiger partial charge in [-0.25, -0.2) is 4.98 Å². The van der Waals surface area contributed by atoms with E-state index in [1.807, 2.05) is 43.3 Å². The molecule has 0 aliphatic carbocycles. The zero-order valence-electron chi connectivity index (χ0n) is 14.7. The molecule has 2 amide bonds. The topological polar surface area (TPSA) is 71.1 Å². The van der Waals surface area contributed by atoms with E-state index in [-0.39, 0.29) is 17.5 Å². The number of amides is 2. The molecule has 0 aliphatic heterocycles. The lowest BCUT2D eigenvalue weighted by Crippen LogP contribution is -2.14. The molecule has 27 heavy (non-hydrogen) atoms. The lowest BCUT2D eigenvalue weighted by atomic mass is 10.1. The highest BCUT2D eigenvalue weighted by molar-refractivity contribution is 7.14. The number of carbonyl (C=O) groups is 2. The second-order valence-electron chi connectivity index (χ2n) is 5.99. The van der Waals surface area contributed by atoms with E-state index in [1.54, 1.807) is 17.5 Å². The van der Waals surface area contributed by atoms with Crippen molar-refractivity contribution in [2.75, 3.05) is 10.6 Å². The number of carbonyl (C=O) groups excluding carboxylic acids is 2. The third-order valence-corrected chi connectivity index (χ3v) is 5.06. The van der Waals surface area contributed by atoms with Gasteiger partial charge < -0.3 is 10.6 Å². The van der Waals surface area contributed by atoms with Crippen LogP contribution in [-0.4, -0.2) is 16.8 Å². The van der Waals surface area contributed by atoms with E-state index in [4.69, 9.17) is 11.6 Å². The number of halogens is 1. The van der Waals surface area contributed by atoms with Gasteiger partial charge in [0.25, 0.3) is 5.91 Å². The van der Waals surface area contributed by atoms with Gasteiger partial charge in [0.1, 0.15) is 5.69 Å². The Morgan fingerprint density at radius 3 is 2.63 bits per heavy atom. The standard InChI is InChI=1S/C20H18ClN3O2S/c1-13-7-9-15(11-16(13)21)22-19(26)17-12-27-20(23-17)24-18(25)10-8-14-5-3-2-4-6-14/h2-7,9,11-12H,8,10H2,1H3,(H,22,26)(H,23,24,25). The quantitative estimate of drug-likeness (QED) is 0.617. The second-order valence-corrected chi connectivity index (χ2v) is 7.26. The summed E-state index contributed by atoms with van der Waals surface area (Å²) in [7, 11) is 0. The lowest BCUT2D eigenvalue weighted by molar-refractivity contribution is -0.116. The van der Waals surface area contributed by atoms with Crippen LogP contribution in [0, 0.1) is 6.92 Å². The lowest BCUT2D eigenvalue weighted by Gasteiger charge is -2.05. The molecule has 0 unspecified atom stereocenters. The van der Waals surface area contributed by atoms with E-state index in [2.05, 4.69) is 15.6 Å². The molecular weight excluding hydrogens is 382 g/mol. The van der Waals surface area contributed by atoms with E-state index in [0.717, 1.165) is 11.1 Å². The first-order chi connectivity index (χ1) is 13.0. The van der Waals surface area contributed by atoms with Crippen molar-refractivity contribution in [3.8, 4) is 0 Å². The van der Waals surface area contributed by atoms with Gasteiger partial charge in [0.05, 0.1) is 0 Å². The fourth-order valence-electron chi connectivity index (χ4n) is 2.39. The fourth-order valence-corrected chi connectivity index (χ4v) is 3.27. The van der Waals surface area contributed by atoms with Crippen LogP contribution in [0.25, 0.3) is 0 Å². The molecular formula is C20H18ClN3O2S. The van der Waals surface area contributed by atoms with Gasteiger partial charge in [0.2, 0.25) is 5.91 Å². The summed E-state index contributed by atoms with van der Waals surface area (Å²) in [4.78, 5) is 28.5. The number of aromatic nitrogens is 1. The molecule has 0 saturated carbocycles. The van der Waals surface area contributed by atoms with Crippen LogP contribution in [0.1, 0.15) is 28.0 Å². The van der Waals surface area contributed by atoms with Gasteiger partial charge in [-0.15, -0.1) is 11.3 Å². The Kier molecular flexibility index (Phi) is 6.21. The first-order valence-corrected chi connectivity index (χ1v) is 9.64. The molecule has 0 spiro atoms. The minimum atomic E-state index is -0.351. The van der Waals surface area contributed by atoms with Crippen LogP contribution in [0.5, 0.6) is 0 Å². The Morgan fingerprint density at radius 2 is 1.89 bits per heavy atom. The Labute approximate surface area is 166 Å². The van der Waals surface area contributed by atoms with Crippen molar-refractivity contribution in [1.29, 1.82) is 0 Å². The van der Waals surface area contributed by atoms with Crippen molar-refractivity contribution in [3.63, 3.8) is 0 Å². The van der Waals surface area contributed by atoms with Gasteiger partial charge >= 0.3 is 0 Å². The number of anilines is 2. The minimum Gasteiger partial charge on any atom is -0.321 e. The Hall–Kier alpha value is -2.70. The van der Waals surface area contributed by atoms with E-state index in [0.29, 0.717) is 28.7 Å². The van der Waals surface area contributed by atoms with Crippen LogP contribution in [0.2, 0.25) is 5.02 Å². The molecule has 138 valence electrons. The van der Waals surface area contributed by atoms with E-state index >= 15 is 0 Å². The van der Waals surface area contributed by atoms with Crippen molar-refractivity contribution < 1.29 is 9.59 Å². The number of thiazole rings is 1. The predicted molar refractivity (Wildman–Crippen MR) is 110 cm³/mol. The van der Waals surface area contributed by atoms with Crippen molar-refractivity contribution in [1.82, 2.24) is 4.98 Å². The van der Waals surface area contributed by atoms with E-state index in [1.165, 1.54) is 11.3 Å². The van der Waals surface area contributed by atoms with Gasteiger partial charge in [0, 0.05) is 22.5 Å². The SMILES string of the molecule is Cc1ccc(NC(=O)c2csc(NC(=O)CCc3ccccc3)n2)cc1Cl. The zero-order valence-corrected chi connectivity index (χ0v) is 16.2. The summed E-state index contributed by atoms with van der Waals surface area (Å²) >= 11 is 7.28. The molecule has 0 atom stereocenters. The van der Waals surface area contributed by atoms with Crippen LogP contribution in [0.15, 0.2) is 53.9 Å². The molecule has 1 heterocycles. The Bertz CT molecular complexity index is 957.